The van der Waals surface area contributed by atoms with Crippen molar-refractivity contribution in [3.63, 3.8) is 0 Å². The minimum atomic E-state index is -0.589. The fourth-order valence-corrected chi connectivity index (χ4v) is 1.20. The standard InChI is InChI=1S/C11H13F2NO/c1-14-11(7-15-2)5-8-3-9(12)6-10(13)4-8/h3-6,14H,7H2,1-2H3/b11-5+. The van der Waals surface area contributed by atoms with Gasteiger partial charge in [0.25, 0.3) is 0 Å². The van der Waals surface area contributed by atoms with E-state index in [0.29, 0.717) is 12.2 Å². The summed E-state index contributed by atoms with van der Waals surface area (Å²) in [6.07, 6.45) is 1.63. The Bertz CT molecular complexity index is 343. The number of benzene rings is 1. The number of nitrogens with one attached hydrogen (secondary N) is 1. The number of ether oxygens (including phenoxy) is 1. The first-order valence-corrected chi connectivity index (χ1v) is 4.49. The highest BCUT2D eigenvalue weighted by Gasteiger charge is 2.00. The summed E-state index contributed by atoms with van der Waals surface area (Å²) in [6, 6.07) is 3.36. The Labute approximate surface area is 87.6 Å². The molecule has 0 atom stereocenters. The molecular formula is C11H13F2NO. The molecule has 1 N–H and O–H groups in total. The summed E-state index contributed by atoms with van der Waals surface area (Å²) in [5.41, 5.74) is 1.22. The van der Waals surface area contributed by atoms with Gasteiger partial charge in [-0.3, -0.25) is 0 Å². The summed E-state index contributed by atoms with van der Waals surface area (Å²) in [5, 5.41) is 2.88. The Hall–Kier alpha value is -1.42. The van der Waals surface area contributed by atoms with E-state index in [0.717, 1.165) is 11.8 Å². The van der Waals surface area contributed by atoms with Crippen molar-refractivity contribution in [3.05, 3.63) is 41.1 Å². The molecular weight excluding hydrogens is 200 g/mol. The van der Waals surface area contributed by atoms with E-state index >= 15 is 0 Å². The molecule has 0 bridgehead atoms. The third kappa shape index (κ3) is 3.67. The fraction of sp³-hybridized carbons (Fsp3) is 0.273. The quantitative estimate of drug-likeness (QED) is 0.827. The minimum Gasteiger partial charge on any atom is -0.390 e. The van der Waals surface area contributed by atoms with Crippen LogP contribution in [0, 0.1) is 11.6 Å². The Morgan fingerprint density at radius 3 is 2.40 bits per heavy atom. The molecule has 0 spiro atoms. The van der Waals surface area contributed by atoms with Gasteiger partial charge in [-0.1, -0.05) is 0 Å². The Morgan fingerprint density at radius 1 is 1.33 bits per heavy atom. The predicted octanol–water partition coefficient (Wildman–Crippen LogP) is 2.17. The van der Waals surface area contributed by atoms with Gasteiger partial charge in [0.1, 0.15) is 11.6 Å². The maximum atomic E-state index is 12.8. The summed E-state index contributed by atoms with van der Waals surface area (Å²) >= 11 is 0. The highest BCUT2D eigenvalue weighted by molar-refractivity contribution is 5.52. The van der Waals surface area contributed by atoms with E-state index in [9.17, 15) is 8.78 Å². The summed E-state index contributed by atoms with van der Waals surface area (Å²) < 4.78 is 30.6. The molecule has 0 aliphatic heterocycles. The Morgan fingerprint density at radius 2 is 1.93 bits per heavy atom. The highest BCUT2D eigenvalue weighted by atomic mass is 19.1. The zero-order valence-corrected chi connectivity index (χ0v) is 8.68. The zero-order valence-electron chi connectivity index (χ0n) is 8.68. The molecule has 0 aromatic heterocycles. The fourth-order valence-electron chi connectivity index (χ4n) is 1.20. The van der Waals surface area contributed by atoms with Crippen LogP contribution in [0.5, 0.6) is 0 Å². The molecule has 0 radical (unpaired) electrons. The first-order chi connectivity index (χ1) is 7.15. The molecule has 0 heterocycles. The van der Waals surface area contributed by atoms with Gasteiger partial charge in [-0.15, -0.1) is 0 Å². The summed E-state index contributed by atoms with van der Waals surface area (Å²) in [7, 11) is 3.28. The lowest BCUT2D eigenvalue weighted by atomic mass is 10.2. The Balaban J connectivity index is 2.94. The molecule has 1 rings (SSSR count). The first kappa shape index (κ1) is 11.7. The van der Waals surface area contributed by atoms with Crippen molar-refractivity contribution < 1.29 is 13.5 Å². The number of rotatable bonds is 4. The second kappa shape index (κ2) is 5.46. The molecule has 0 unspecified atom stereocenters. The third-order valence-electron chi connectivity index (χ3n) is 1.85. The van der Waals surface area contributed by atoms with Crippen LogP contribution in [-0.4, -0.2) is 20.8 Å². The average molecular weight is 213 g/mol. The number of likely N-dealkylation sites (N-methyl/N-ethyl adjacent to an activating group) is 1. The van der Waals surface area contributed by atoms with Crippen molar-refractivity contribution in [2.45, 2.75) is 0 Å². The average Bonchev–Trinajstić information content (AvgIpc) is 2.15. The largest absolute Gasteiger partial charge is 0.390 e. The van der Waals surface area contributed by atoms with Crippen LogP contribution in [0.2, 0.25) is 0 Å². The number of methoxy groups -OCH3 is 1. The molecule has 1 aromatic rings. The van der Waals surface area contributed by atoms with Crippen molar-refractivity contribution in [1.29, 1.82) is 0 Å². The SMILES string of the molecule is CN/C(=C/c1cc(F)cc(F)c1)COC. The maximum absolute atomic E-state index is 12.8. The monoisotopic (exact) mass is 213 g/mol. The van der Waals surface area contributed by atoms with Crippen molar-refractivity contribution in [3.8, 4) is 0 Å². The third-order valence-corrected chi connectivity index (χ3v) is 1.85. The van der Waals surface area contributed by atoms with E-state index in [1.807, 2.05) is 0 Å². The van der Waals surface area contributed by atoms with Gasteiger partial charge in [0.2, 0.25) is 0 Å². The maximum Gasteiger partial charge on any atom is 0.126 e. The van der Waals surface area contributed by atoms with Gasteiger partial charge >= 0.3 is 0 Å². The Kier molecular flexibility index (Phi) is 4.24. The lowest BCUT2D eigenvalue weighted by molar-refractivity contribution is 0.222. The summed E-state index contributed by atoms with van der Waals surface area (Å²) in [4.78, 5) is 0. The lowest BCUT2D eigenvalue weighted by Crippen LogP contribution is -2.10. The minimum absolute atomic E-state index is 0.370. The van der Waals surface area contributed by atoms with Gasteiger partial charge in [0, 0.05) is 25.9 Å². The van der Waals surface area contributed by atoms with Crippen LogP contribution in [0.15, 0.2) is 23.9 Å². The van der Waals surface area contributed by atoms with Crippen molar-refractivity contribution in [2.24, 2.45) is 0 Å². The van der Waals surface area contributed by atoms with Gasteiger partial charge in [0.05, 0.1) is 6.61 Å². The van der Waals surface area contributed by atoms with E-state index < -0.39 is 11.6 Å². The van der Waals surface area contributed by atoms with E-state index in [4.69, 9.17) is 4.74 Å². The summed E-state index contributed by atoms with van der Waals surface area (Å²) in [5.74, 6) is -1.18. The van der Waals surface area contributed by atoms with Crippen molar-refractivity contribution in [1.82, 2.24) is 5.32 Å². The molecule has 4 heteroatoms. The van der Waals surface area contributed by atoms with Crippen LogP contribution in [0.4, 0.5) is 8.78 Å². The topological polar surface area (TPSA) is 21.3 Å². The van der Waals surface area contributed by atoms with E-state index in [1.54, 1.807) is 20.2 Å². The van der Waals surface area contributed by atoms with Crippen molar-refractivity contribution in [2.75, 3.05) is 20.8 Å². The van der Waals surface area contributed by atoms with Crippen LogP contribution in [0.1, 0.15) is 5.56 Å². The van der Waals surface area contributed by atoms with Crippen LogP contribution in [0.3, 0.4) is 0 Å². The second-order valence-corrected chi connectivity index (χ2v) is 3.06. The van der Waals surface area contributed by atoms with Crippen LogP contribution in [0.25, 0.3) is 6.08 Å². The second-order valence-electron chi connectivity index (χ2n) is 3.06. The molecule has 0 amide bonds. The number of halogens is 2. The van der Waals surface area contributed by atoms with Crippen LogP contribution in [-0.2, 0) is 4.74 Å². The van der Waals surface area contributed by atoms with Crippen molar-refractivity contribution >= 4 is 6.08 Å². The molecule has 0 aliphatic carbocycles. The molecule has 0 saturated heterocycles. The summed E-state index contributed by atoms with van der Waals surface area (Å²) in [6.45, 7) is 0.370. The van der Waals surface area contributed by atoms with Gasteiger partial charge in [-0.05, 0) is 23.8 Å². The smallest absolute Gasteiger partial charge is 0.126 e. The molecule has 0 fully saturated rings. The predicted molar refractivity (Wildman–Crippen MR) is 55.3 cm³/mol. The normalized spacial score (nSPS) is 11.6. The van der Waals surface area contributed by atoms with Gasteiger partial charge < -0.3 is 10.1 Å². The van der Waals surface area contributed by atoms with Crippen LogP contribution >= 0.6 is 0 Å². The van der Waals surface area contributed by atoms with Gasteiger partial charge in [-0.25, -0.2) is 8.78 Å². The number of hydrogen-bond donors (Lipinski definition) is 1. The van der Waals surface area contributed by atoms with E-state index in [1.165, 1.54) is 12.1 Å². The van der Waals surface area contributed by atoms with Gasteiger partial charge in [0.15, 0.2) is 0 Å². The molecule has 0 aliphatic rings. The molecule has 2 nitrogen and oxygen atoms in total. The lowest BCUT2D eigenvalue weighted by Gasteiger charge is -2.05. The first-order valence-electron chi connectivity index (χ1n) is 4.49. The number of hydrogen-bond acceptors (Lipinski definition) is 2. The molecule has 15 heavy (non-hydrogen) atoms. The van der Waals surface area contributed by atoms with E-state index in [2.05, 4.69) is 5.32 Å². The van der Waals surface area contributed by atoms with Crippen LogP contribution < -0.4 is 5.32 Å². The molecule has 0 saturated carbocycles. The van der Waals surface area contributed by atoms with E-state index in [-0.39, 0.29) is 0 Å². The van der Waals surface area contributed by atoms with Gasteiger partial charge in [-0.2, -0.15) is 0 Å². The zero-order chi connectivity index (χ0) is 11.3. The molecule has 1 aromatic carbocycles. The molecule has 82 valence electrons. The highest BCUT2D eigenvalue weighted by Crippen LogP contribution is 2.11.